The summed E-state index contributed by atoms with van der Waals surface area (Å²) in [5, 5.41) is 0. The summed E-state index contributed by atoms with van der Waals surface area (Å²) in [7, 11) is 0. The normalized spacial score (nSPS) is 11.2. The molecule has 4 nitrogen and oxygen atoms in total. The molecule has 0 radical (unpaired) electrons. The van der Waals surface area contributed by atoms with Crippen molar-refractivity contribution in [1.29, 1.82) is 0 Å². The van der Waals surface area contributed by atoms with Crippen LogP contribution in [-0.2, 0) is 5.41 Å². The minimum Gasteiger partial charge on any atom is -0.382 e. The molecule has 0 bridgehead atoms. The number of hydrogen-bond donors (Lipinski definition) is 1. The molecule has 2 heterocycles. The van der Waals surface area contributed by atoms with Crippen LogP contribution in [0.5, 0.6) is 0 Å². The van der Waals surface area contributed by atoms with Gasteiger partial charge in [-0.2, -0.15) is 0 Å². The molecule has 0 aromatic carbocycles. The first-order valence-electron chi connectivity index (χ1n) is 6.01. The zero-order chi connectivity index (χ0) is 13.2. The molecule has 0 atom stereocenters. The standard InChI is InChI=1S/C11H16N4.C2H6/c1-7-8-9(12)13-5-6-15(8)10(14-7)11(2,3)4;1-2/h5-6H,1-4H3,(H2,12,13);1-2H3. The molecule has 0 unspecified atom stereocenters. The highest BCUT2D eigenvalue weighted by molar-refractivity contribution is 5.68. The lowest BCUT2D eigenvalue weighted by atomic mass is 9.96. The van der Waals surface area contributed by atoms with Crippen molar-refractivity contribution in [2.24, 2.45) is 0 Å². The van der Waals surface area contributed by atoms with Gasteiger partial charge in [0, 0.05) is 17.8 Å². The summed E-state index contributed by atoms with van der Waals surface area (Å²) >= 11 is 0. The van der Waals surface area contributed by atoms with E-state index in [4.69, 9.17) is 5.73 Å². The maximum Gasteiger partial charge on any atom is 0.149 e. The van der Waals surface area contributed by atoms with Crippen molar-refractivity contribution in [2.75, 3.05) is 5.73 Å². The Morgan fingerprint density at radius 2 is 1.82 bits per heavy atom. The van der Waals surface area contributed by atoms with Gasteiger partial charge in [-0.3, -0.25) is 4.40 Å². The first kappa shape index (κ1) is 13.5. The summed E-state index contributed by atoms with van der Waals surface area (Å²) in [6, 6.07) is 0. The molecular formula is C13H22N4. The quantitative estimate of drug-likeness (QED) is 0.762. The lowest BCUT2D eigenvalue weighted by molar-refractivity contribution is 0.542. The van der Waals surface area contributed by atoms with Gasteiger partial charge in [-0.1, -0.05) is 34.6 Å². The van der Waals surface area contributed by atoms with E-state index in [1.807, 2.05) is 31.4 Å². The lowest BCUT2D eigenvalue weighted by Gasteiger charge is -2.16. The smallest absolute Gasteiger partial charge is 0.149 e. The highest BCUT2D eigenvalue weighted by Crippen LogP contribution is 2.25. The third-order valence-corrected chi connectivity index (χ3v) is 2.43. The van der Waals surface area contributed by atoms with E-state index in [9.17, 15) is 0 Å². The highest BCUT2D eigenvalue weighted by atomic mass is 15.1. The van der Waals surface area contributed by atoms with Crippen LogP contribution in [0, 0.1) is 6.92 Å². The fraction of sp³-hybridized carbons (Fsp3) is 0.538. The van der Waals surface area contributed by atoms with Crippen LogP contribution in [0.1, 0.15) is 46.1 Å². The van der Waals surface area contributed by atoms with Gasteiger partial charge < -0.3 is 5.73 Å². The van der Waals surface area contributed by atoms with E-state index in [0.717, 1.165) is 17.0 Å². The molecule has 0 saturated carbocycles. The third kappa shape index (κ3) is 2.40. The average molecular weight is 234 g/mol. The van der Waals surface area contributed by atoms with Crippen molar-refractivity contribution >= 4 is 11.3 Å². The Bertz CT molecular complexity index is 506. The second-order valence-electron chi connectivity index (χ2n) is 4.80. The number of nitrogens with zero attached hydrogens (tertiary/aromatic N) is 3. The molecule has 0 fully saturated rings. The zero-order valence-corrected chi connectivity index (χ0v) is 11.6. The first-order chi connectivity index (χ1) is 7.91. The first-order valence-corrected chi connectivity index (χ1v) is 6.01. The number of nitrogen functional groups attached to an aromatic ring is 1. The Morgan fingerprint density at radius 3 is 2.35 bits per heavy atom. The summed E-state index contributed by atoms with van der Waals surface area (Å²) < 4.78 is 2.03. The van der Waals surface area contributed by atoms with Crippen LogP contribution in [0.2, 0.25) is 0 Å². The van der Waals surface area contributed by atoms with Crippen LogP contribution < -0.4 is 5.73 Å². The number of hydrogen-bond acceptors (Lipinski definition) is 3. The van der Waals surface area contributed by atoms with Gasteiger partial charge in [-0.05, 0) is 6.92 Å². The number of anilines is 1. The Morgan fingerprint density at radius 1 is 1.24 bits per heavy atom. The maximum absolute atomic E-state index is 5.84. The molecule has 2 rings (SSSR count). The molecule has 2 aromatic heterocycles. The number of imidazole rings is 1. The van der Waals surface area contributed by atoms with E-state index in [-0.39, 0.29) is 5.41 Å². The summed E-state index contributed by atoms with van der Waals surface area (Å²) in [5.74, 6) is 1.56. The minimum absolute atomic E-state index is 0.00493. The average Bonchev–Trinajstić information content (AvgIpc) is 2.60. The number of aryl methyl sites for hydroxylation is 1. The number of aromatic nitrogens is 3. The Balaban J connectivity index is 0.000000686. The maximum atomic E-state index is 5.84. The van der Waals surface area contributed by atoms with Gasteiger partial charge in [0.15, 0.2) is 0 Å². The molecular weight excluding hydrogens is 212 g/mol. The highest BCUT2D eigenvalue weighted by Gasteiger charge is 2.22. The molecule has 0 spiro atoms. The Hall–Kier alpha value is -1.58. The van der Waals surface area contributed by atoms with Crippen LogP contribution in [-0.4, -0.2) is 14.4 Å². The van der Waals surface area contributed by atoms with Gasteiger partial charge in [0.1, 0.15) is 17.2 Å². The van der Waals surface area contributed by atoms with Gasteiger partial charge in [0.05, 0.1) is 5.69 Å². The van der Waals surface area contributed by atoms with E-state index in [1.165, 1.54) is 0 Å². The third-order valence-electron chi connectivity index (χ3n) is 2.43. The van der Waals surface area contributed by atoms with Crippen molar-refractivity contribution in [3.05, 3.63) is 23.9 Å². The van der Waals surface area contributed by atoms with Crippen molar-refractivity contribution in [2.45, 2.75) is 47.0 Å². The van der Waals surface area contributed by atoms with Gasteiger partial charge in [0.2, 0.25) is 0 Å². The van der Waals surface area contributed by atoms with Crippen molar-refractivity contribution in [3.63, 3.8) is 0 Å². The predicted octanol–water partition coefficient (Wildman–Crippen LogP) is 2.94. The number of rotatable bonds is 0. The molecule has 0 amide bonds. The van der Waals surface area contributed by atoms with Crippen LogP contribution >= 0.6 is 0 Å². The molecule has 0 saturated heterocycles. The van der Waals surface area contributed by atoms with Crippen LogP contribution in [0.3, 0.4) is 0 Å². The largest absolute Gasteiger partial charge is 0.382 e. The van der Waals surface area contributed by atoms with E-state index in [2.05, 4.69) is 30.7 Å². The summed E-state index contributed by atoms with van der Waals surface area (Å²) in [6.07, 6.45) is 3.62. The molecule has 0 aliphatic carbocycles. The van der Waals surface area contributed by atoms with E-state index in [1.54, 1.807) is 6.20 Å². The SMILES string of the molecule is CC.Cc1nc(C(C)(C)C)n2ccnc(N)c12. The second-order valence-corrected chi connectivity index (χ2v) is 4.80. The van der Waals surface area contributed by atoms with Crippen LogP contribution in [0.15, 0.2) is 12.4 Å². The van der Waals surface area contributed by atoms with Crippen LogP contribution in [0.4, 0.5) is 5.82 Å². The molecule has 2 N–H and O–H groups in total. The fourth-order valence-electron chi connectivity index (χ4n) is 1.77. The summed E-state index contributed by atoms with van der Waals surface area (Å²) in [4.78, 5) is 8.65. The van der Waals surface area contributed by atoms with E-state index in [0.29, 0.717) is 5.82 Å². The zero-order valence-electron chi connectivity index (χ0n) is 11.6. The Labute approximate surface area is 103 Å². The van der Waals surface area contributed by atoms with Crippen LogP contribution in [0.25, 0.3) is 5.52 Å². The van der Waals surface area contributed by atoms with Gasteiger partial charge in [-0.25, -0.2) is 9.97 Å². The lowest BCUT2D eigenvalue weighted by Crippen LogP contribution is -2.16. The molecule has 0 aliphatic heterocycles. The summed E-state index contributed by atoms with van der Waals surface area (Å²) in [6.45, 7) is 12.4. The fourth-order valence-corrected chi connectivity index (χ4v) is 1.77. The topological polar surface area (TPSA) is 56.2 Å². The molecule has 4 heteroatoms. The molecule has 0 aliphatic rings. The second kappa shape index (κ2) is 4.73. The van der Waals surface area contributed by atoms with Crippen molar-refractivity contribution < 1.29 is 0 Å². The summed E-state index contributed by atoms with van der Waals surface area (Å²) in [5.41, 5.74) is 7.70. The molecule has 94 valence electrons. The monoisotopic (exact) mass is 234 g/mol. The predicted molar refractivity (Wildman–Crippen MR) is 72.2 cm³/mol. The Kier molecular flexibility index (Phi) is 3.76. The molecule has 2 aromatic rings. The molecule has 17 heavy (non-hydrogen) atoms. The number of fused-ring (bicyclic) bond motifs is 1. The van der Waals surface area contributed by atoms with Crippen molar-refractivity contribution in [1.82, 2.24) is 14.4 Å². The number of nitrogens with two attached hydrogens (primary N) is 1. The minimum atomic E-state index is 0.00493. The van der Waals surface area contributed by atoms with Gasteiger partial charge in [-0.15, -0.1) is 0 Å². The van der Waals surface area contributed by atoms with E-state index < -0.39 is 0 Å². The van der Waals surface area contributed by atoms with Gasteiger partial charge >= 0.3 is 0 Å². The van der Waals surface area contributed by atoms with Crippen molar-refractivity contribution in [3.8, 4) is 0 Å². The van der Waals surface area contributed by atoms with E-state index >= 15 is 0 Å². The van der Waals surface area contributed by atoms with Gasteiger partial charge in [0.25, 0.3) is 0 Å².